The van der Waals surface area contributed by atoms with Crippen LogP contribution in [0.25, 0.3) is 0 Å². The first-order valence-electron chi connectivity index (χ1n) is 10.6. The van der Waals surface area contributed by atoms with E-state index in [0.717, 1.165) is 30.2 Å². The van der Waals surface area contributed by atoms with Crippen molar-refractivity contribution in [2.75, 3.05) is 32.7 Å². The zero-order valence-electron chi connectivity index (χ0n) is 18.0. The van der Waals surface area contributed by atoms with E-state index in [-0.39, 0.29) is 17.9 Å². The summed E-state index contributed by atoms with van der Waals surface area (Å²) in [4.78, 5) is 28.1. The highest BCUT2D eigenvalue weighted by Gasteiger charge is 2.25. The summed E-state index contributed by atoms with van der Waals surface area (Å²) in [7, 11) is 3.45. The summed E-state index contributed by atoms with van der Waals surface area (Å²) in [6.45, 7) is 0.752. The molecule has 0 atom stereocenters. The van der Waals surface area contributed by atoms with Crippen LogP contribution in [-0.2, 0) is 4.74 Å². The topological polar surface area (TPSA) is 67.9 Å². The molecular weight excluding hydrogens is 460 g/mol. The lowest BCUT2D eigenvalue weighted by Crippen LogP contribution is -2.38. The number of carbonyl (C=O) groups excluding carboxylic acids is 2. The molecule has 166 valence electrons. The molecule has 0 spiro atoms. The van der Waals surface area contributed by atoms with Gasteiger partial charge in [0.05, 0.1) is 23.4 Å². The van der Waals surface area contributed by atoms with Crippen molar-refractivity contribution in [1.82, 2.24) is 4.90 Å². The van der Waals surface area contributed by atoms with Crippen molar-refractivity contribution in [3.63, 3.8) is 0 Å². The Labute approximate surface area is 192 Å². The number of anilines is 1. The van der Waals surface area contributed by atoms with Gasteiger partial charge in [0.2, 0.25) is 0 Å². The maximum Gasteiger partial charge on any atom is 0.259 e. The molecule has 0 aliphatic heterocycles. The molecule has 1 saturated carbocycles. The highest BCUT2D eigenvalue weighted by Crippen LogP contribution is 2.27. The molecule has 7 heteroatoms. The van der Waals surface area contributed by atoms with Gasteiger partial charge in [-0.3, -0.25) is 9.59 Å². The number of hydrogen-bond acceptors (Lipinski definition) is 4. The molecule has 2 amide bonds. The van der Waals surface area contributed by atoms with E-state index in [9.17, 15) is 9.59 Å². The molecule has 0 heterocycles. The van der Waals surface area contributed by atoms with E-state index in [1.807, 2.05) is 30.1 Å². The van der Waals surface area contributed by atoms with Gasteiger partial charge in [0.25, 0.3) is 11.8 Å². The smallest absolute Gasteiger partial charge is 0.259 e. The summed E-state index contributed by atoms with van der Waals surface area (Å²) in [5, 5.41) is 2.91. The molecule has 1 fully saturated rings. The predicted molar refractivity (Wildman–Crippen MR) is 125 cm³/mol. The molecule has 2 aromatic carbocycles. The molecule has 0 saturated heterocycles. The monoisotopic (exact) mass is 488 g/mol. The summed E-state index contributed by atoms with van der Waals surface area (Å²) in [6.07, 6.45) is 5.57. The number of benzene rings is 2. The quantitative estimate of drug-likeness (QED) is 0.522. The predicted octanol–water partition coefficient (Wildman–Crippen LogP) is 5.13. The van der Waals surface area contributed by atoms with Gasteiger partial charge in [-0.1, -0.05) is 47.3 Å². The average molecular weight is 489 g/mol. The van der Waals surface area contributed by atoms with Gasteiger partial charge in [-0.2, -0.15) is 0 Å². The van der Waals surface area contributed by atoms with Crippen molar-refractivity contribution < 1.29 is 19.1 Å². The maximum absolute atomic E-state index is 13.2. The van der Waals surface area contributed by atoms with E-state index in [0.29, 0.717) is 35.8 Å². The summed E-state index contributed by atoms with van der Waals surface area (Å²) in [5.74, 6) is 0.0452. The lowest BCUT2D eigenvalue weighted by atomic mass is 9.94. The molecule has 3 rings (SSSR count). The third-order valence-electron chi connectivity index (χ3n) is 5.58. The third-order valence-corrected chi connectivity index (χ3v) is 6.07. The minimum absolute atomic E-state index is 0.0754. The molecule has 0 unspecified atom stereocenters. The second-order valence-electron chi connectivity index (χ2n) is 7.69. The number of carbonyl (C=O) groups is 2. The fourth-order valence-corrected chi connectivity index (χ4v) is 4.19. The minimum atomic E-state index is -0.339. The molecule has 1 aliphatic carbocycles. The Morgan fingerprint density at radius 1 is 1.06 bits per heavy atom. The number of methoxy groups -OCH3 is 1. The molecule has 2 aromatic rings. The molecule has 31 heavy (non-hydrogen) atoms. The fraction of sp³-hybridized carbons (Fsp3) is 0.417. The highest BCUT2D eigenvalue weighted by molar-refractivity contribution is 9.10. The third kappa shape index (κ3) is 6.08. The number of ether oxygens (including phenoxy) is 2. The minimum Gasteiger partial charge on any atom is -0.490 e. The van der Waals surface area contributed by atoms with Gasteiger partial charge >= 0.3 is 0 Å². The summed E-state index contributed by atoms with van der Waals surface area (Å²) >= 11 is 3.41. The standard InChI is InChI=1S/C24H29BrN2O4/c1-27(18-8-4-3-5-9-18)24(29)19-10-6-7-11-21(19)26-23(28)20-16-17(25)12-13-22(20)31-15-14-30-2/h6-7,10-13,16,18H,3-5,8-9,14-15H2,1-2H3,(H,26,28). The van der Waals surface area contributed by atoms with Crippen molar-refractivity contribution in [2.24, 2.45) is 0 Å². The molecule has 0 radical (unpaired) electrons. The summed E-state index contributed by atoms with van der Waals surface area (Å²) in [5.41, 5.74) is 1.36. The van der Waals surface area contributed by atoms with E-state index in [2.05, 4.69) is 21.2 Å². The fourth-order valence-electron chi connectivity index (χ4n) is 3.83. The second-order valence-corrected chi connectivity index (χ2v) is 8.61. The second kappa shape index (κ2) is 11.3. The van der Waals surface area contributed by atoms with Gasteiger partial charge in [0.1, 0.15) is 12.4 Å². The van der Waals surface area contributed by atoms with Crippen LogP contribution in [-0.4, -0.2) is 50.1 Å². The van der Waals surface area contributed by atoms with Crippen LogP contribution in [0.2, 0.25) is 0 Å². The molecule has 0 bridgehead atoms. The van der Waals surface area contributed by atoms with Gasteiger partial charge in [-0.05, 0) is 43.2 Å². The largest absolute Gasteiger partial charge is 0.490 e. The van der Waals surface area contributed by atoms with E-state index in [1.54, 1.807) is 31.4 Å². The Morgan fingerprint density at radius 2 is 1.81 bits per heavy atom. The van der Waals surface area contributed by atoms with Gasteiger partial charge in [0.15, 0.2) is 0 Å². The number of halogens is 1. The molecule has 1 aliphatic rings. The van der Waals surface area contributed by atoms with E-state index >= 15 is 0 Å². The van der Waals surface area contributed by atoms with E-state index in [4.69, 9.17) is 9.47 Å². The number of nitrogens with one attached hydrogen (secondary N) is 1. The summed E-state index contributed by atoms with van der Waals surface area (Å²) < 4.78 is 11.5. The van der Waals surface area contributed by atoms with Crippen LogP contribution in [0.5, 0.6) is 5.75 Å². The number of rotatable bonds is 8. The van der Waals surface area contributed by atoms with Crippen LogP contribution in [0.1, 0.15) is 52.8 Å². The Bertz CT molecular complexity index is 912. The van der Waals surface area contributed by atoms with Crippen molar-refractivity contribution in [3.05, 3.63) is 58.1 Å². The number of hydrogen-bond donors (Lipinski definition) is 1. The molecule has 0 aromatic heterocycles. The van der Waals surface area contributed by atoms with Gasteiger partial charge in [-0.15, -0.1) is 0 Å². The average Bonchev–Trinajstić information content (AvgIpc) is 2.80. The Hall–Kier alpha value is -2.38. The normalized spacial score (nSPS) is 14.2. The van der Waals surface area contributed by atoms with Gasteiger partial charge in [0, 0.05) is 24.7 Å². The van der Waals surface area contributed by atoms with Crippen LogP contribution >= 0.6 is 15.9 Å². The Balaban J connectivity index is 1.80. The van der Waals surface area contributed by atoms with Crippen molar-refractivity contribution in [1.29, 1.82) is 0 Å². The van der Waals surface area contributed by atoms with Crippen molar-refractivity contribution in [3.8, 4) is 5.75 Å². The highest BCUT2D eigenvalue weighted by atomic mass is 79.9. The van der Waals surface area contributed by atoms with E-state index < -0.39 is 0 Å². The molecule has 1 N–H and O–H groups in total. The number of para-hydroxylation sites is 1. The van der Waals surface area contributed by atoms with Crippen LogP contribution in [0.3, 0.4) is 0 Å². The van der Waals surface area contributed by atoms with Crippen LogP contribution in [0, 0.1) is 0 Å². The van der Waals surface area contributed by atoms with Crippen LogP contribution < -0.4 is 10.1 Å². The zero-order valence-corrected chi connectivity index (χ0v) is 19.6. The van der Waals surface area contributed by atoms with Crippen molar-refractivity contribution >= 4 is 33.4 Å². The zero-order chi connectivity index (χ0) is 22.2. The van der Waals surface area contributed by atoms with Gasteiger partial charge < -0.3 is 19.7 Å². The number of amides is 2. The van der Waals surface area contributed by atoms with E-state index in [1.165, 1.54) is 6.42 Å². The Morgan fingerprint density at radius 3 is 2.55 bits per heavy atom. The van der Waals surface area contributed by atoms with Crippen molar-refractivity contribution in [2.45, 2.75) is 38.1 Å². The lowest BCUT2D eigenvalue weighted by molar-refractivity contribution is 0.0697. The summed E-state index contributed by atoms with van der Waals surface area (Å²) in [6, 6.07) is 12.6. The molecule has 6 nitrogen and oxygen atoms in total. The first-order valence-corrected chi connectivity index (χ1v) is 11.4. The Kier molecular flexibility index (Phi) is 8.49. The SMILES string of the molecule is COCCOc1ccc(Br)cc1C(=O)Nc1ccccc1C(=O)N(C)C1CCCCC1. The van der Waals surface area contributed by atoms with Crippen LogP contribution in [0.15, 0.2) is 46.9 Å². The maximum atomic E-state index is 13.2. The first kappa shape index (κ1) is 23.3. The van der Waals surface area contributed by atoms with Gasteiger partial charge in [-0.25, -0.2) is 0 Å². The molecular formula is C24H29BrN2O4. The lowest BCUT2D eigenvalue weighted by Gasteiger charge is -2.31. The number of nitrogens with zero attached hydrogens (tertiary/aromatic N) is 1. The van der Waals surface area contributed by atoms with Crippen LogP contribution in [0.4, 0.5) is 5.69 Å². The first-order chi connectivity index (χ1) is 15.0.